The average Bonchev–Trinajstić information content (AvgIpc) is 2.67. The molecule has 3 rings (SSSR count). The van der Waals surface area contributed by atoms with Gasteiger partial charge in [0, 0.05) is 22.3 Å². The molecule has 0 amide bonds. The minimum Gasteiger partial charge on any atom is -0.207 e. The van der Waals surface area contributed by atoms with Gasteiger partial charge in [0.1, 0.15) is 5.82 Å². The van der Waals surface area contributed by atoms with Crippen LogP contribution in [-0.4, -0.2) is 0 Å². The van der Waals surface area contributed by atoms with Crippen LogP contribution in [0.1, 0.15) is 40.3 Å². The van der Waals surface area contributed by atoms with Crippen molar-refractivity contribution in [2.45, 2.75) is 20.3 Å². The maximum absolute atomic E-state index is 13.8. The number of rotatable bonds is 1. The van der Waals surface area contributed by atoms with Gasteiger partial charge < -0.3 is 0 Å². The van der Waals surface area contributed by atoms with Gasteiger partial charge in [0.2, 0.25) is 0 Å². The molecular formula is C25H19F. The largest absolute Gasteiger partial charge is 0.207 e. The normalized spacial score (nSPS) is 9.65. The van der Waals surface area contributed by atoms with Gasteiger partial charge in [-0.2, -0.15) is 0 Å². The van der Waals surface area contributed by atoms with E-state index < -0.39 is 0 Å². The summed E-state index contributed by atoms with van der Waals surface area (Å²) in [6.45, 7) is 4.00. The minimum atomic E-state index is -0.193. The monoisotopic (exact) mass is 338 g/mol. The zero-order valence-corrected chi connectivity index (χ0v) is 14.9. The summed E-state index contributed by atoms with van der Waals surface area (Å²) < 4.78 is 13.8. The van der Waals surface area contributed by atoms with Crippen molar-refractivity contribution < 1.29 is 4.39 Å². The predicted molar refractivity (Wildman–Crippen MR) is 105 cm³/mol. The Morgan fingerprint density at radius 2 is 1.08 bits per heavy atom. The average molecular weight is 338 g/mol. The lowest BCUT2D eigenvalue weighted by molar-refractivity contribution is 0.612. The molecule has 0 radical (unpaired) electrons. The van der Waals surface area contributed by atoms with Gasteiger partial charge in [-0.1, -0.05) is 54.4 Å². The summed E-state index contributed by atoms with van der Waals surface area (Å²) in [7, 11) is 0. The Morgan fingerprint density at radius 1 is 0.654 bits per heavy atom. The molecule has 3 aromatic carbocycles. The van der Waals surface area contributed by atoms with Crippen LogP contribution in [0.2, 0.25) is 0 Å². The molecule has 0 aliphatic rings. The van der Waals surface area contributed by atoms with E-state index in [1.165, 1.54) is 11.6 Å². The number of hydrogen-bond donors (Lipinski definition) is 0. The van der Waals surface area contributed by atoms with E-state index in [0.717, 1.165) is 16.7 Å². The molecule has 0 N–H and O–H groups in total. The third-order valence-corrected chi connectivity index (χ3v) is 4.07. The van der Waals surface area contributed by atoms with Gasteiger partial charge in [0.25, 0.3) is 0 Å². The summed E-state index contributed by atoms with van der Waals surface area (Å²) in [5.41, 5.74) is 5.44. The van der Waals surface area contributed by atoms with Gasteiger partial charge in [-0.05, 0) is 67.4 Å². The summed E-state index contributed by atoms with van der Waals surface area (Å²) in [5, 5.41) is 0. The van der Waals surface area contributed by atoms with E-state index in [0.29, 0.717) is 17.5 Å². The zero-order chi connectivity index (χ0) is 18.4. The van der Waals surface area contributed by atoms with E-state index in [4.69, 9.17) is 0 Å². The fourth-order valence-corrected chi connectivity index (χ4v) is 2.47. The first-order chi connectivity index (χ1) is 12.6. The molecular weight excluding hydrogens is 319 g/mol. The van der Waals surface area contributed by atoms with Crippen LogP contribution in [0.5, 0.6) is 0 Å². The van der Waals surface area contributed by atoms with Gasteiger partial charge in [0.15, 0.2) is 0 Å². The van der Waals surface area contributed by atoms with E-state index in [2.05, 4.69) is 42.7 Å². The van der Waals surface area contributed by atoms with Crippen molar-refractivity contribution in [1.82, 2.24) is 0 Å². The topological polar surface area (TPSA) is 0 Å². The molecule has 0 saturated carbocycles. The van der Waals surface area contributed by atoms with Gasteiger partial charge >= 0.3 is 0 Å². The van der Waals surface area contributed by atoms with Crippen LogP contribution < -0.4 is 0 Å². The Morgan fingerprint density at radius 3 is 1.54 bits per heavy atom. The molecule has 0 aromatic heterocycles. The first-order valence-corrected chi connectivity index (χ1v) is 8.63. The summed E-state index contributed by atoms with van der Waals surface area (Å²) in [4.78, 5) is 0. The quantitative estimate of drug-likeness (QED) is 0.514. The Labute approximate surface area is 154 Å². The zero-order valence-electron chi connectivity index (χ0n) is 14.9. The fraction of sp³-hybridized carbons (Fsp3) is 0.120. The van der Waals surface area contributed by atoms with Crippen LogP contribution in [0.4, 0.5) is 4.39 Å². The smallest absolute Gasteiger partial charge is 0.127 e. The van der Waals surface area contributed by atoms with Crippen LogP contribution in [0.15, 0.2) is 66.7 Å². The van der Waals surface area contributed by atoms with Crippen LogP contribution in [0.25, 0.3) is 0 Å². The Kier molecular flexibility index (Phi) is 5.52. The molecule has 0 fully saturated rings. The summed E-state index contributed by atoms with van der Waals surface area (Å²) in [5.74, 6) is 12.2. The summed E-state index contributed by atoms with van der Waals surface area (Å²) >= 11 is 0. The van der Waals surface area contributed by atoms with Crippen molar-refractivity contribution in [2.75, 3.05) is 0 Å². The lowest BCUT2D eigenvalue weighted by Gasteiger charge is -1.99. The van der Waals surface area contributed by atoms with Crippen molar-refractivity contribution >= 4 is 0 Å². The van der Waals surface area contributed by atoms with Crippen LogP contribution >= 0.6 is 0 Å². The molecule has 0 spiro atoms. The molecule has 0 saturated heterocycles. The number of hydrogen-bond acceptors (Lipinski definition) is 0. The Bertz CT molecular complexity index is 1020. The molecule has 26 heavy (non-hydrogen) atoms. The van der Waals surface area contributed by atoms with Gasteiger partial charge in [-0.15, -0.1) is 0 Å². The van der Waals surface area contributed by atoms with Crippen molar-refractivity contribution in [2.24, 2.45) is 0 Å². The number of halogens is 1. The first-order valence-electron chi connectivity index (χ1n) is 8.63. The maximum Gasteiger partial charge on any atom is 0.127 e. The van der Waals surface area contributed by atoms with E-state index in [9.17, 15) is 4.39 Å². The fourth-order valence-electron chi connectivity index (χ4n) is 2.47. The lowest BCUT2D eigenvalue weighted by Crippen LogP contribution is -1.88. The molecule has 0 aliphatic carbocycles. The minimum absolute atomic E-state index is 0.193. The second-order valence-electron chi connectivity index (χ2n) is 6.10. The van der Waals surface area contributed by atoms with E-state index in [-0.39, 0.29) is 5.82 Å². The van der Waals surface area contributed by atoms with E-state index in [1.54, 1.807) is 6.07 Å². The first kappa shape index (κ1) is 17.5. The Balaban J connectivity index is 1.73. The molecule has 0 heterocycles. The van der Waals surface area contributed by atoms with Crippen LogP contribution in [0, 0.1) is 36.4 Å². The highest BCUT2D eigenvalue weighted by atomic mass is 19.1. The molecule has 0 aliphatic heterocycles. The van der Waals surface area contributed by atoms with Crippen molar-refractivity contribution in [3.8, 4) is 23.7 Å². The van der Waals surface area contributed by atoms with Crippen molar-refractivity contribution in [3.05, 3.63) is 106 Å². The molecule has 0 bridgehead atoms. The molecule has 3 aromatic rings. The van der Waals surface area contributed by atoms with Gasteiger partial charge in [-0.25, -0.2) is 4.39 Å². The highest BCUT2D eigenvalue weighted by Crippen LogP contribution is 2.11. The summed E-state index contributed by atoms with van der Waals surface area (Å²) in [6, 6.07) is 21.1. The Hall–Kier alpha value is -3.29. The second kappa shape index (κ2) is 8.19. The highest BCUT2D eigenvalue weighted by Gasteiger charge is 1.99. The second-order valence-corrected chi connectivity index (χ2v) is 6.10. The highest BCUT2D eigenvalue weighted by molar-refractivity contribution is 5.48. The number of aryl methyl sites for hydroxylation is 2. The molecule has 0 atom stereocenters. The maximum atomic E-state index is 13.8. The lowest BCUT2D eigenvalue weighted by atomic mass is 10.1. The number of benzene rings is 3. The molecule has 1 heteroatoms. The third kappa shape index (κ3) is 4.62. The van der Waals surface area contributed by atoms with Crippen LogP contribution in [0.3, 0.4) is 0 Å². The van der Waals surface area contributed by atoms with Gasteiger partial charge in [0.05, 0.1) is 0 Å². The molecule has 0 nitrogen and oxygen atoms in total. The van der Waals surface area contributed by atoms with Crippen LogP contribution in [-0.2, 0) is 6.42 Å². The SMILES string of the molecule is CCc1ccc(C#Cc2ccc(C#Cc3ccc(C)cc3)cc2)cc1F. The van der Waals surface area contributed by atoms with Gasteiger partial charge in [-0.3, -0.25) is 0 Å². The molecule has 126 valence electrons. The predicted octanol–water partition coefficient (Wildman–Crippen LogP) is 5.50. The van der Waals surface area contributed by atoms with Crippen molar-refractivity contribution in [1.29, 1.82) is 0 Å². The molecule has 0 unspecified atom stereocenters. The van der Waals surface area contributed by atoms with Crippen molar-refractivity contribution in [3.63, 3.8) is 0 Å². The standard InChI is InChI=1S/C25H19F/c1-3-24-17-16-23(18-25(24)26)15-14-22-12-10-21(11-13-22)9-8-20-6-4-19(2)5-7-20/h4-7,10-13,16-18H,3H2,1-2H3. The summed E-state index contributed by atoms with van der Waals surface area (Å²) in [6.07, 6.45) is 0.685. The van der Waals surface area contributed by atoms with E-state index in [1.807, 2.05) is 49.4 Å². The van der Waals surface area contributed by atoms with E-state index >= 15 is 0 Å². The third-order valence-electron chi connectivity index (χ3n) is 4.07.